The van der Waals surface area contributed by atoms with Gasteiger partial charge in [0, 0.05) is 12.1 Å². The van der Waals surface area contributed by atoms with E-state index < -0.39 is 4.92 Å². The molecule has 0 fully saturated rings. The van der Waals surface area contributed by atoms with Crippen molar-refractivity contribution in [2.75, 3.05) is 0 Å². The van der Waals surface area contributed by atoms with Crippen LogP contribution in [0.15, 0.2) is 58.4 Å². The van der Waals surface area contributed by atoms with Gasteiger partial charge in [0.1, 0.15) is 16.4 Å². The predicted octanol–water partition coefficient (Wildman–Crippen LogP) is 7.40. The Morgan fingerprint density at radius 2 is 2.00 bits per heavy atom. The first-order chi connectivity index (χ1) is 14.6. The lowest BCUT2D eigenvalue weighted by molar-refractivity contribution is -0.384. The third-order valence-electron chi connectivity index (χ3n) is 4.59. The van der Waals surface area contributed by atoms with E-state index in [4.69, 9.17) is 0 Å². The molecular formula is C22H24N4O3S. The first-order valence-electron chi connectivity index (χ1n) is 10.0. The van der Waals surface area contributed by atoms with Crippen LogP contribution in [0.2, 0.25) is 0 Å². The summed E-state index contributed by atoms with van der Waals surface area (Å²) in [4.78, 5) is 15.1. The number of fused-ring (bicyclic) bond motifs is 1. The van der Waals surface area contributed by atoms with Crippen molar-refractivity contribution in [3.63, 3.8) is 0 Å². The van der Waals surface area contributed by atoms with Crippen LogP contribution in [0.1, 0.15) is 50.5 Å². The van der Waals surface area contributed by atoms with Crippen molar-refractivity contribution in [1.29, 1.82) is 0 Å². The number of nitrogens with zero attached hydrogens (tertiary/aromatic N) is 4. The maximum atomic E-state index is 11.0. The lowest BCUT2D eigenvalue weighted by Gasteiger charge is -2.02. The van der Waals surface area contributed by atoms with Crippen molar-refractivity contribution in [2.45, 2.75) is 45.4 Å². The zero-order valence-corrected chi connectivity index (χ0v) is 17.6. The van der Waals surface area contributed by atoms with Gasteiger partial charge in [0.05, 0.1) is 20.8 Å². The fourth-order valence-electron chi connectivity index (χ4n) is 2.98. The minimum Gasteiger partial charge on any atom is -0.506 e. The molecule has 7 nitrogen and oxygen atoms in total. The number of allylic oxidation sites excluding steroid dienone is 1. The molecule has 0 bridgehead atoms. The number of rotatable bonds is 10. The maximum Gasteiger partial charge on any atom is 0.271 e. The quantitative estimate of drug-likeness (QED) is 0.159. The van der Waals surface area contributed by atoms with Crippen LogP contribution in [-0.2, 0) is 0 Å². The van der Waals surface area contributed by atoms with Crippen LogP contribution in [0.5, 0.6) is 5.75 Å². The molecule has 1 N–H and O–H groups in total. The van der Waals surface area contributed by atoms with E-state index in [9.17, 15) is 15.2 Å². The minimum absolute atomic E-state index is 0.0744. The highest BCUT2D eigenvalue weighted by Gasteiger charge is 2.10. The third-order valence-corrected chi connectivity index (χ3v) is 5.58. The zero-order valence-electron chi connectivity index (χ0n) is 16.8. The molecule has 30 heavy (non-hydrogen) atoms. The topological polar surface area (TPSA) is 101 Å². The molecule has 0 atom stereocenters. The number of nitro groups is 1. The molecule has 0 aliphatic carbocycles. The molecular weight excluding hydrogens is 400 g/mol. The van der Waals surface area contributed by atoms with Gasteiger partial charge in [0.2, 0.25) is 0 Å². The van der Waals surface area contributed by atoms with E-state index in [2.05, 4.69) is 22.1 Å². The SMILES string of the molecule is CCCCCCC/C(=C/c1nc2ccccc2s1)N=Nc1cc([N+](=O)[O-])ccc1O. The standard InChI is InChI=1S/C22H24N4O3S/c1-2-3-4-5-6-9-16(14-22-23-18-10-7-8-11-21(18)30-22)24-25-19-15-17(26(28)29)12-13-20(19)27/h7-8,10-15,27H,2-6,9H2,1H3/b16-14-,25-24?. The highest BCUT2D eigenvalue weighted by molar-refractivity contribution is 7.19. The summed E-state index contributed by atoms with van der Waals surface area (Å²) in [5.41, 5.74) is 1.60. The molecule has 0 aliphatic heterocycles. The summed E-state index contributed by atoms with van der Waals surface area (Å²) in [5, 5.41) is 30.2. The number of nitro benzene ring substituents is 1. The van der Waals surface area contributed by atoms with Crippen molar-refractivity contribution in [1.82, 2.24) is 4.98 Å². The van der Waals surface area contributed by atoms with Crippen molar-refractivity contribution < 1.29 is 10.0 Å². The lowest BCUT2D eigenvalue weighted by atomic mass is 10.1. The van der Waals surface area contributed by atoms with E-state index in [0.717, 1.165) is 40.2 Å². The van der Waals surface area contributed by atoms with E-state index in [0.29, 0.717) is 0 Å². The zero-order chi connectivity index (χ0) is 21.3. The van der Waals surface area contributed by atoms with Gasteiger partial charge >= 0.3 is 0 Å². The molecule has 156 valence electrons. The van der Waals surface area contributed by atoms with Crippen molar-refractivity contribution in [3.8, 4) is 5.75 Å². The van der Waals surface area contributed by atoms with Crippen LogP contribution in [0, 0.1) is 10.1 Å². The smallest absolute Gasteiger partial charge is 0.271 e. The summed E-state index contributed by atoms with van der Waals surface area (Å²) in [6.07, 6.45) is 8.26. The first-order valence-corrected chi connectivity index (χ1v) is 10.8. The molecule has 0 radical (unpaired) electrons. The van der Waals surface area contributed by atoms with Gasteiger partial charge in [-0.2, -0.15) is 5.11 Å². The van der Waals surface area contributed by atoms with Gasteiger partial charge in [-0.15, -0.1) is 16.5 Å². The van der Waals surface area contributed by atoms with Crippen LogP contribution in [0.3, 0.4) is 0 Å². The Balaban J connectivity index is 1.84. The van der Waals surface area contributed by atoms with E-state index in [-0.39, 0.29) is 17.1 Å². The number of non-ortho nitro benzene ring substituents is 1. The Hall–Kier alpha value is -3.13. The van der Waals surface area contributed by atoms with Crippen LogP contribution in [0.4, 0.5) is 11.4 Å². The van der Waals surface area contributed by atoms with Gasteiger partial charge in [-0.25, -0.2) is 4.98 Å². The molecule has 0 spiro atoms. The Kier molecular flexibility index (Phi) is 7.62. The molecule has 0 saturated carbocycles. The van der Waals surface area contributed by atoms with Gasteiger partial charge in [0.25, 0.3) is 5.69 Å². The van der Waals surface area contributed by atoms with Crippen LogP contribution in [-0.4, -0.2) is 15.0 Å². The van der Waals surface area contributed by atoms with Gasteiger partial charge in [-0.3, -0.25) is 10.1 Å². The number of azo groups is 1. The number of hydrogen-bond acceptors (Lipinski definition) is 7. The second-order valence-electron chi connectivity index (χ2n) is 6.95. The van der Waals surface area contributed by atoms with E-state index in [1.807, 2.05) is 30.3 Å². The number of benzene rings is 2. The molecule has 1 aromatic heterocycles. The molecule has 3 rings (SSSR count). The second-order valence-corrected chi connectivity index (χ2v) is 8.01. The molecule has 3 aromatic rings. The molecule has 0 amide bonds. The fraction of sp³-hybridized carbons (Fsp3) is 0.318. The fourth-order valence-corrected chi connectivity index (χ4v) is 3.91. The Bertz CT molecular complexity index is 1040. The number of thiazole rings is 1. The van der Waals surface area contributed by atoms with Crippen LogP contribution in [0.25, 0.3) is 16.3 Å². The Morgan fingerprint density at radius 1 is 1.20 bits per heavy atom. The Labute approximate surface area is 179 Å². The van der Waals surface area contributed by atoms with Crippen molar-refractivity contribution in [3.05, 3.63) is 63.3 Å². The summed E-state index contributed by atoms with van der Waals surface area (Å²) in [6, 6.07) is 11.6. The van der Waals surface area contributed by atoms with Gasteiger partial charge in [-0.05, 0) is 37.1 Å². The summed E-state index contributed by atoms with van der Waals surface area (Å²) < 4.78 is 1.10. The number of aromatic hydroxyl groups is 1. The number of unbranched alkanes of at least 4 members (excludes halogenated alkanes) is 4. The molecule has 1 heterocycles. The van der Waals surface area contributed by atoms with Gasteiger partial charge in [-0.1, -0.05) is 44.7 Å². The summed E-state index contributed by atoms with van der Waals surface area (Å²) in [7, 11) is 0. The maximum absolute atomic E-state index is 11.0. The lowest BCUT2D eigenvalue weighted by Crippen LogP contribution is -1.86. The second kappa shape index (κ2) is 10.6. The summed E-state index contributed by atoms with van der Waals surface area (Å²) >= 11 is 1.58. The van der Waals surface area contributed by atoms with Crippen molar-refractivity contribution in [2.24, 2.45) is 10.2 Å². The number of aromatic nitrogens is 1. The average molecular weight is 425 g/mol. The minimum atomic E-state index is -0.524. The molecule has 8 heteroatoms. The predicted molar refractivity (Wildman–Crippen MR) is 120 cm³/mol. The van der Waals surface area contributed by atoms with E-state index in [1.54, 1.807) is 11.3 Å². The van der Waals surface area contributed by atoms with Gasteiger partial charge < -0.3 is 5.11 Å². The van der Waals surface area contributed by atoms with E-state index in [1.165, 1.54) is 37.5 Å². The largest absolute Gasteiger partial charge is 0.506 e. The normalized spacial score (nSPS) is 12.1. The number of phenolic OH excluding ortho intramolecular Hbond substituents is 1. The highest BCUT2D eigenvalue weighted by Crippen LogP contribution is 2.32. The molecule has 0 saturated heterocycles. The average Bonchev–Trinajstić information content (AvgIpc) is 3.14. The molecule has 0 aliphatic rings. The first kappa shape index (κ1) is 21.6. The number of hydrogen-bond donors (Lipinski definition) is 1. The number of phenols is 1. The van der Waals surface area contributed by atoms with E-state index >= 15 is 0 Å². The Morgan fingerprint density at radius 3 is 2.77 bits per heavy atom. The van der Waals surface area contributed by atoms with Crippen LogP contribution >= 0.6 is 11.3 Å². The molecule has 2 aromatic carbocycles. The van der Waals surface area contributed by atoms with Crippen LogP contribution < -0.4 is 0 Å². The molecule has 0 unspecified atom stereocenters. The highest BCUT2D eigenvalue weighted by atomic mass is 32.1. The van der Waals surface area contributed by atoms with Gasteiger partial charge in [0.15, 0.2) is 0 Å². The summed E-state index contributed by atoms with van der Waals surface area (Å²) in [5.74, 6) is -0.147. The monoisotopic (exact) mass is 424 g/mol. The summed E-state index contributed by atoms with van der Waals surface area (Å²) in [6.45, 7) is 2.18. The number of para-hydroxylation sites is 1. The van der Waals surface area contributed by atoms with Crippen molar-refractivity contribution >= 4 is 39.0 Å². The third kappa shape index (κ3) is 5.93.